The molecule has 1 aliphatic heterocycles. The summed E-state index contributed by atoms with van der Waals surface area (Å²) in [7, 11) is 0. The zero-order valence-electron chi connectivity index (χ0n) is 11.6. The molecule has 18 heavy (non-hydrogen) atoms. The van der Waals surface area contributed by atoms with Crippen molar-refractivity contribution in [2.45, 2.75) is 64.2 Å². The molecule has 1 rings (SSSR count). The van der Waals surface area contributed by atoms with E-state index >= 15 is 0 Å². The van der Waals surface area contributed by atoms with Gasteiger partial charge in [-0.25, -0.2) is 0 Å². The Bertz CT molecular complexity index is 267. The van der Waals surface area contributed by atoms with E-state index in [-0.39, 0.29) is 12.0 Å². The lowest BCUT2D eigenvalue weighted by molar-refractivity contribution is -0.137. The number of hydrogen-bond acceptors (Lipinski definition) is 2. The number of hydrogen-bond donors (Lipinski definition) is 1. The average molecular weight is 266 g/mol. The van der Waals surface area contributed by atoms with E-state index in [0.29, 0.717) is 24.9 Å². The highest BCUT2D eigenvalue weighted by molar-refractivity contribution is 4.95. The second kappa shape index (κ2) is 5.78. The number of alkyl halides is 3. The van der Waals surface area contributed by atoms with Gasteiger partial charge < -0.3 is 5.73 Å². The molecule has 2 N–H and O–H groups in total. The van der Waals surface area contributed by atoms with Crippen molar-refractivity contribution < 1.29 is 13.2 Å². The molecule has 0 saturated carbocycles. The highest BCUT2D eigenvalue weighted by atomic mass is 19.4. The first kappa shape index (κ1) is 15.8. The molecule has 1 saturated heterocycles. The molecule has 0 aromatic rings. The van der Waals surface area contributed by atoms with Crippen LogP contribution in [0.15, 0.2) is 0 Å². The van der Waals surface area contributed by atoms with Crippen LogP contribution in [0.1, 0.15) is 46.5 Å². The maximum atomic E-state index is 12.2. The summed E-state index contributed by atoms with van der Waals surface area (Å²) in [6, 6.07) is 0.416. The van der Waals surface area contributed by atoms with Crippen molar-refractivity contribution >= 4 is 0 Å². The lowest BCUT2D eigenvalue weighted by atomic mass is 9.92. The van der Waals surface area contributed by atoms with Crippen molar-refractivity contribution in [3.05, 3.63) is 0 Å². The van der Waals surface area contributed by atoms with Gasteiger partial charge in [-0.05, 0) is 39.0 Å². The first-order valence-electron chi connectivity index (χ1n) is 6.71. The highest BCUT2D eigenvalue weighted by Gasteiger charge is 2.39. The van der Waals surface area contributed by atoms with E-state index in [1.165, 1.54) is 0 Å². The van der Waals surface area contributed by atoms with Gasteiger partial charge in [-0.15, -0.1) is 0 Å². The van der Waals surface area contributed by atoms with Gasteiger partial charge in [-0.2, -0.15) is 13.2 Å². The molecule has 0 bridgehead atoms. The van der Waals surface area contributed by atoms with Gasteiger partial charge >= 0.3 is 6.18 Å². The molecule has 2 nitrogen and oxygen atoms in total. The topological polar surface area (TPSA) is 29.3 Å². The van der Waals surface area contributed by atoms with Gasteiger partial charge in [0.05, 0.1) is 0 Å². The summed E-state index contributed by atoms with van der Waals surface area (Å²) in [5.74, 6) is 0.605. The first-order chi connectivity index (χ1) is 8.18. The molecule has 1 fully saturated rings. The number of halogens is 3. The van der Waals surface area contributed by atoms with Crippen LogP contribution in [0.3, 0.4) is 0 Å². The summed E-state index contributed by atoms with van der Waals surface area (Å²) in [5.41, 5.74) is 5.53. The van der Waals surface area contributed by atoms with Crippen LogP contribution in [-0.4, -0.2) is 35.7 Å². The van der Waals surface area contributed by atoms with E-state index in [1.807, 2.05) is 6.92 Å². The quantitative estimate of drug-likeness (QED) is 0.828. The number of likely N-dealkylation sites (tertiary alicyclic amines) is 1. The molecule has 3 unspecified atom stereocenters. The van der Waals surface area contributed by atoms with E-state index in [2.05, 4.69) is 18.7 Å². The SMILES string of the molecule is CC1CC(C)N(C(C)(CN)CCCC(F)(F)F)C1. The van der Waals surface area contributed by atoms with Crippen molar-refractivity contribution in [3.63, 3.8) is 0 Å². The van der Waals surface area contributed by atoms with Crippen LogP contribution in [-0.2, 0) is 0 Å². The summed E-state index contributed by atoms with van der Waals surface area (Å²) in [4.78, 5) is 2.30. The fraction of sp³-hybridized carbons (Fsp3) is 1.00. The van der Waals surface area contributed by atoms with Crippen LogP contribution in [0.25, 0.3) is 0 Å². The minimum absolute atomic E-state index is 0.162. The van der Waals surface area contributed by atoms with E-state index in [1.54, 1.807) is 0 Å². The summed E-state index contributed by atoms with van der Waals surface area (Å²) in [6.07, 6.45) is -2.98. The van der Waals surface area contributed by atoms with Gasteiger partial charge in [0.2, 0.25) is 0 Å². The highest BCUT2D eigenvalue weighted by Crippen LogP contribution is 2.34. The molecule has 5 heteroatoms. The molecule has 0 aromatic heterocycles. The molecule has 1 aliphatic rings. The molecule has 0 aromatic carbocycles. The summed E-state index contributed by atoms with van der Waals surface area (Å²) < 4.78 is 36.6. The number of rotatable bonds is 5. The van der Waals surface area contributed by atoms with Gasteiger partial charge in [0, 0.05) is 31.1 Å². The Morgan fingerprint density at radius 3 is 2.22 bits per heavy atom. The lowest BCUT2D eigenvalue weighted by Gasteiger charge is -2.41. The summed E-state index contributed by atoms with van der Waals surface area (Å²) in [5, 5.41) is 0. The average Bonchev–Trinajstić information content (AvgIpc) is 2.56. The van der Waals surface area contributed by atoms with Crippen LogP contribution >= 0.6 is 0 Å². The van der Waals surface area contributed by atoms with Crippen LogP contribution in [0, 0.1) is 5.92 Å². The van der Waals surface area contributed by atoms with Crippen molar-refractivity contribution in [2.75, 3.05) is 13.1 Å². The minimum Gasteiger partial charge on any atom is -0.329 e. The maximum absolute atomic E-state index is 12.2. The fourth-order valence-electron chi connectivity index (χ4n) is 3.08. The predicted octanol–water partition coefficient (Wildman–Crippen LogP) is 3.17. The fourth-order valence-corrected chi connectivity index (χ4v) is 3.08. The monoisotopic (exact) mass is 266 g/mol. The lowest BCUT2D eigenvalue weighted by Crippen LogP contribution is -2.53. The van der Waals surface area contributed by atoms with E-state index in [4.69, 9.17) is 5.73 Å². The van der Waals surface area contributed by atoms with Crippen molar-refractivity contribution in [2.24, 2.45) is 11.7 Å². The number of nitrogens with zero attached hydrogens (tertiary/aromatic N) is 1. The third-order valence-corrected chi connectivity index (χ3v) is 4.09. The van der Waals surface area contributed by atoms with Gasteiger partial charge in [0.25, 0.3) is 0 Å². The minimum atomic E-state index is -4.06. The van der Waals surface area contributed by atoms with Gasteiger partial charge in [0.1, 0.15) is 0 Å². The Morgan fingerprint density at radius 2 is 1.83 bits per heavy atom. The zero-order valence-corrected chi connectivity index (χ0v) is 11.6. The standard InChI is InChI=1S/C13H25F3N2/c1-10-7-11(2)18(8-10)12(3,9-17)5-4-6-13(14,15)16/h10-11H,4-9,17H2,1-3H3. The second-order valence-electron chi connectivity index (χ2n) is 6.01. The molecular formula is C13H25F3N2. The summed E-state index contributed by atoms with van der Waals surface area (Å²) >= 11 is 0. The van der Waals surface area contributed by atoms with Crippen LogP contribution in [0.5, 0.6) is 0 Å². The molecule has 0 aliphatic carbocycles. The van der Waals surface area contributed by atoms with Crippen LogP contribution in [0.2, 0.25) is 0 Å². The molecule has 0 radical (unpaired) electrons. The molecule has 1 heterocycles. The Morgan fingerprint density at radius 1 is 1.22 bits per heavy atom. The smallest absolute Gasteiger partial charge is 0.329 e. The third-order valence-electron chi connectivity index (χ3n) is 4.09. The molecular weight excluding hydrogens is 241 g/mol. The summed E-state index contributed by atoms with van der Waals surface area (Å²) in [6.45, 7) is 7.69. The van der Waals surface area contributed by atoms with Crippen molar-refractivity contribution in [1.29, 1.82) is 0 Å². The Labute approximate surface area is 108 Å². The Hall–Kier alpha value is -0.290. The molecule has 3 atom stereocenters. The Balaban J connectivity index is 2.56. The van der Waals surface area contributed by atoms with Gasteiger partial charge in [0.15, 0.2) is 0 Å². The first-order valence-corrected chi connectivity index (χ1v) is 6.71. The number of nitrogens with two attached hydrogens (primary N) is 1. The molecule has 0 amide bonds. The van der Waals surface area contributed by atoms with E-state index in [0.717, 1.165) is 13.0 Å². The van der Waals surface area contributed by atoms with Gasteiger partial charge in [-0.3, -0.25) is 4.90 Å². The second-order valence-corrected chi connectivity index (χ2v) is 6.01. The Kier molecular flexibility index (Phi) is 5.06. The van der Waals surface area contributed by atoms with E-state index < -0.39 is 12.6 Å². The maximum Gasteiger partial charge on any atom is 0.389 e. The van der Waals surface area contributed by atoms with Gasteiger partial charge in [-0.1, -0.05) is 6.92 Å². The largest absolute Gasteiger partial charge is 0.389 e. The van der Waals surface area contributed by atoms with E-state index in [9.17, 15) is 13.2 Å². The third kappa shape index (κ3) is 4.12. The molecule has 0 spiro atoms. The van der Waals surface area contributed by atoms with Crippen molar-refractivity contribution in [3.8, 4) is 0 Å². The normalized spacial score (nSPS) is 29.5. The van der Waals surface area contributed by atoms with Crippen LogP contribution in [0.4, 0.5) is 13.2 Å². The van der Waals surface area contributed by atoms with Crippen molar-refractivity contribution in [1.82, 2.24) is 4.90 Å². The molecule has 108 valence electrons. The zero-order chi connectivity index (χ0) is 14.0. The predicted molar refractivity (Wildman–Crippen MR) is 67.3 cm³/mol. The van der Waals surface area contributed by atoms with Crippen LogP contribution < -0.4 is 5.73 Å².